The minimum Gasteiger partial charge on any atom is -0.462 e. The maximum absolute atomic E-state index is 12.5. The van der Waals surface area contributed by atoms with Gasteiger partial charge < -0.3 is 18.6 Å². The fraction of sp³-hybridized carbons (Fsp3) is 0.333. The van der Waals surface area contributed by atoms with Gasteiger partial charge in [0.05, 0.1) is 29.0 Å². The van der Waals surface area contributed by atoms with Gasteiger partial charge in [0.25, 0.3) is 0 Å². The number of benzene rings is 1. The zero-order valence-electron chi connectivity index (χ0n) is 15.3. The highest BCUT2D eigenvalue weighted by molar-refractivity contribution is 7.16. The first kappa shape index (κ1) is 19.0. The lowest BCUT2D eigenvalue weighted by Gasteiger charge is -2.05. The number of carbonyl (C=O) groups is 2. The molecular weight excluding hydrogens is 368 g/mol. The number of aryl methyl sites for hydroxylation is 1. The highest BCUT2D eigenvalue weighted by Crippen LogP contribution is 2.20. The first-order chi connectivity index (χ1) is 13.0. The zero-order valence-corrected chi connectivity index (χ0v) is 16.2. The fourth-order valence-electron chi connectivity index (χ4n) is 2.61. The highest BCUT2D eigenvalue weighted by atomic mass is 32.1. The van der Waals surface area contributed by atoms with E-state index in [2.05, 4.69) is 9.98 Å². The van der Waals surface area contributed by atoms with Crippen molar-refractivity contribution in [1.29, 1.82) is 0 Å². The van der Waals surface area contributed by atoms with E-state index in [1.165, 1.54) is 11.3 Å². The van der Waals surface area contributed by atoms with Crippen LogP contribution >= 0.6 is 11.3 Å². The molecule has 0 radical (unpaired) electrons. The summed E-state index contributed by atoms with van der Waals surface area (Å²) in [5.41, 5.74) is 1.34. The third kappa shape index (κ3) is 3.99. The first-order valence-electron chi connectivity index (χ1n) is 8.41. The number of methoxy groups -OCH3 is 1. The predicted octanol–water partition coefficient (Wildman–Crippen LogP) is 2.00. The molecule has 27 heavy (non-hydrogen) atoms. The lowest BCUT2D eigenvalue weighted by Crippen LogP contribution is -2.20. The van der Waals surface area contributed by atoms with Gasteiger partial charge in [0.1, 0.15) is 0 Å². The van der Waals surface area contributed by atoms with Gasteiger partial charge in [-0.2, -0.15) is 4.99 Å². The summed E-state index contributed by atoms with van der Waals surface area (Å²) in [7, 11) is 3.36. The summed E-state index contributed by atoms with van der Waals surface area (Å²) in [6.07, 6.45) is 3.25. The molecule has 0 unspecified atom stereocenters. The number of fused-ring (bicyclic) bond motifs is 1. The van der Waals surface area contributed by atoms with Gasteiger partial charge in [0, 0.05) is 33.1 Å². The summed E-state index contributed by atoms with van der Waals surface area (Å²) in [6.45, 7) is 3.07. The Morgan fingerprint density at radius 2 is 2.15 bits per heavy atom. The lowest BCUT2D eigenvalue weighted by atomic mass is 10.2. The predicted molar refractivity (Wildman–Crippen MR) is 101 cm³/mol. The number of hydrogen-bond acceptors (Lipinski definition) is 6. The van der Waals surface area contributed by atoms with Crippen LogP contribution in [0.2, 0.25) is 0 Å². The van der Waals surface area contributed by atoms with Crippen molar-refractivity contribution in [2.75, 3.05) is 20.3 Å². The average molecular weight is 388 g/mol. The lowest BCUT2D eigenvalue weighted by molar-refractivity contribution is 0.0526. The topological polar surface area (TPSA) is 87.7 Å². The first-order valence-corrected chi connectivity index (χ1v) is 9.22. The third-order valence-electron chi connectivity index (χ3n) is 3.92. The summed E-state index contributed by atoms with van der Waals surface area (Å²) >= 11 is 1.33. The zero-order chi connectivity index (χ0) is 19.4. The van der Waals surface area contributed by atoms with E-state index in [0.717, 1.165) is 10.2 Å². The molecule has 3 rings (SSSR count). The van der Waals surface area contributed by atoms with Crippen molar-refractivity contribution in [2.45, 2.75) is 13.5 Å². The molecule has 8 nitrogen and oxygen atoms in total. The molecule has 2 aromatic heterocycles. The van der Waals surface area contributed by atoms with E-state index in [1.54, 1.807) is 50.2 Å². The maximum atomic E-state index is 12.5. The Bertz CT molecular complexity index is 1050. The largest absolute Gasteiger partial charge is 0.462 e. The highest BCUT2D eigenvalue weighted by Gasteiger charge is 2.14. The van der Waals surface area contributed by atoms with E-state index in [0.29, 0.717) is 30.1 Å². The molecule has 0 fully saturated rings. The van der Waals surface area contributed by atoms with Crippen molar-refractivity contribution in [1.82, 2.24) is 14.1 Å². The molecule has 0 spiro atoms. The fourth-order valence-corrected chi connectivity index (χ4v) is 3.70. The van der Waals surface area contributed by atoms with Crippen LogP contribution in [0, 0.1) is 0 Å². The van der Waals surface area contributed by atoms with Crippen LogP contribution in [0.1, 0.15) is 27.9 Å². The quantitative estimate of drug-likeness (QED) is 0.603. The molecule has 0 bridgehead atoms. The Labute approximate surface area is 159 Å². The summed E-state index contributed by atoms with van der Waals surface area (Å²) in [5.74, 6) is -0.539. The smallest absolute Gasteiger partial charge is 0.338 e. The van der Waals surface area contributed by atoms with E-state index in [1.807, 2.05) is 10.6 Å². The summed E-state index contributed by atoms with van der Waals surface area (Å²) in [4.78, 5) is 33.3. The van der Waals surface area contributed by atoms with Gasteiger partial charge in [0.15, 0.2) is 4.80 Å². The maximum Gasteiger partial charge on any atom is 0.338 e. The van der Waals surface area contributed by atoms with Gasteiger partial charge in [0.2, 0.25) is 5.82 Å². The van der Waals surface area contributed by atoms with Crippen molar-refractivity contribution in [3.63, 3.8) is 0 Å². The number of nitrogens with zero attached hydrogens (tertiary/aromatic N) is 4. The molecule has 3 aromatic rings. The van der Waals surface area contributed by atoms with E-state index in [9.17, 15) is 9.59 Å². The second-order valence-corrected chi connectivity index (χ2v) is 6.72. The van der Waals surface area contributed by atoms with Crippen LogP contribution in [0.25, 0.3) is 10.2 Å². The van der Waals surface area contributed by atoms with E-state index < -0.39 is 5.91 Å². The number of esters is 1. The molecule has 0 aliphatic heterocycles. The van der Waals surface area contributed by atoms with Crippen LogP contribution in [-0.4, -0.2) is 46.3 Å². The molecule has 1 amide bonds. The summed E-state index contributed by atoms with van der Waals surface area (Å²) < 4.78 is 14.6. The molecule has 1 aromatic carbocycles. The molecule has 9 heteroatoms. The van der Waals surface area contributed by atoms with Gasteiger partial charge >= 0.3 is 11.9 Å². The number of carbonyl (C=O) groups excluding carboxylic acids is 2. The monoisotopic (exact) mass is 388 g/mol. The SMILES string of the molecule is CCOC(=O)c1ccc2c(c1)sc(=NC(=O)c1nccn1C)n2CCOC. The molecular formula is C18H20N4O4S. The molecule has 0 aliphatic carbocycles. The van der Waals surface area contributed by atoms with E-state index in [4.69, 9.17) is 9.47 Å². The third-order valence-corrected chi connectivity index (χ3v) is 4.96. The normalized spacial score (nSPS) is 11.9. The minimum absolute atomic E-state index is 0.262. The number of rotatable bonds is 6. The number of ether oxygens (including phenoxy) is 2. The molecule has 0 saturated heterocycles. The molecule has 0 atom stereocenters. The average Bonchev–Trinajstić information content (AvgIpc) is 3.22. The van der Waals surface area contributed by atoms with Crippen molar-refractivity contribution in [3.8, 4) is 0 Å². The van der Waals surface area contributed by atoms with E-state index >= 15 is 0 Å². The Kier molecular flexibility index (Phi) is 5.82. The van der Waals surface area contributed by atoms with Crippen LogP contribution in [0.3, 0.4) is 0 Å². The second kappa shape index (κ2) is 8.28. The van der Waals surface area contributed by atoms with Crippen molar-refractivity contribution < 1.29 is 19.1 Å². The number of imidazole rings is 1. The van der Waals surface area contributed by atoms with Crippen molar-refractivity contribution >= 4 is 33.4 Å². The van der Waals surface area contributed by atoms with Gasteiger partial charge in [-0.1, -0.05) is 11.3 Å². The van der Waals surface area contributed by atoms with Crippen LogP contribution in [0.15, 0.2) is 35.6 Å². The van der Waals surface area contributed by atoms with Gasteiger partial charge in [-0.25, -0.2) is 9.78 Å². The number of thiazole rings is 1. The molecule has 142 valence electrons. The minimum atomic E-state index is -0.425. The molecule has 0 saturated carbocycles. The van der Waals surface area contributed by atoms with E-state index in [-0.39, 0.29) is 11.8 Å². The Morgan fingerprint density at radius 1 is 1.33 bits per heavy atom. The number of amides is 1. The number of hydrogen-bond donors (Lipinski definition) is 0. The van der Waals surface area contributed by atoms with Gasteiger partial charge in [-0.3, -0.25) is 4.79 Å². The molecule has 0 aliphatic rings. The summed E-state index contributed by atoms with van der Waals surface area (Å²) in [5, 5.41) is 0. The second-order valence-electron chi connectivity index (χ2n) is 5.71. The van der Waals surface area contributed by atoms with Crippen molar-refractivity contribution in [3.05, 3.63) is 46.8 Å². The van der Waals surface area contributed by atoms with Gasteiger partial charge in [-0.05, 0) is 25.1 Å². The Morgan fingerprint density at radius 3 is 2.81 bits per heavy atom. The number of aromatic nitrogens is 3. The Hall–Kier alpha value is -2.78. The van der Waals surface area contributed by atoms with Crippen molar-refractivity contribution in [2.24, 2.45) is 12.0 Å². The summed E-state index contributed by atoms with van der Waals surface area (Å²) in [6, 6.07) is 5.30. The molecule has 2 heterocycles. The van der Waals surface area contributed by atoms with Crippen LogP contribution < -0.4 is 4.80 Å². The van der Waals surface area contributed by atoms with Gasteiger partial charge in [-0.15, -0.1) is 0 Å². The standard InChI is InChI=1S/C18H20N4O4S/c1-4-26-17(24)12-5-6-13-14(11-12)27-18(22(13)9-10-25-3)20-16(23)15-19-7-8-21(15)2/h5-8,11H,4,9-10H2,1-3H3. The van der Waals surface area contributed by atoms with Crippen LogP contribution in [0.5, 0.6) is 0 Å². The van der Waals surface area contributed by atoms with Crippen LogP contribution in [0.4, 0.5) is 0 Å². The van der Waals surface area contributed by atoms with Crippen LogP contribution in [-0.2, 0) is 23.1 Å². The molecule has 0 N–H and O–H groups in total. The Balaban J connectivity index is 2.09.